The van der Waals surface area contributed by atoms with Crippen molar-refractivity contribution in [2.45, 2.75) is 42.4 Å². The Morgan fingerprint density at radius 3 is 2.24 bits per heavy atom. The summed E-state index contributed by atoms with van der Waals surface area (Å²) < 4.78 is 4.91. The van der Waals surface area contributed by atoms with Gasteiger partial charge in [0.2, 0.25) is 5.78 Å². The summed E-state index contributed by atoms with van der Waals surface area (Å²) in [5, 5.41) is 62.1. The van der Waals surface area contributed by atoms with Crippen LogP contribution in [0.1, 0.15) is 34.1 Å². The van der Waals surface area contributed by atoms with Crippen molar-refractivity contribution in [3.8, 4) is 11.5 Å². The third-order valence-corrected chi connectivity index (χ3v) is 5.13. The Hall–Kier alpha value is -2.04. The number of methoxy groups -OCH3 is 1. The van der Waals surface area contributed by atoms with Crippen LogP contribution in [0.15, 0.2) is 12.1 Å². The molecule has 5 atom stereocenters. The fourth-order valence-electron chi connectivity index (χ4n) is 3.70. The van der Waals surface area contributed by atoms with Crippen molar-refractivity contribution in [3.05, 3.63) is 23.3 Å². The van der Waals surface area contributed by atoms with Crippen LogP contribution in [0.5, 0.6) is 11.5 Å². The molecule has 0 bridgehead atoms. The second kappa shape index (κ2) is 4.99. The molecule has 1 aromatic rings. The van der Waals surface area contributed by atoms with Crippen LogP contribution in [-0.2, 0) is 0 Å². The molecule has 2 aliphatic carbocycles. The zero-order valence-corrected chi connectivity index (χ0v) is 13.4. The van der Waals surface area contributed by atoms with Crippen LogP contribution < -0.4 is 4.74 Å². The predicted molar refractivity (Wildman–Crippen MR) is 80.5 cm³/mol. The molecule has 9 heteroatoms. The summed E-state index contributed by atoms with van der Waals surface area (Å²) in [5.74, 6) is -3.20. The number of fused-ring (bicyclic) bond motifs is 2. The van der Waals surface area contributed by atoms with Gasteiger partial charge in [0.25, 0.3) is 0 Å². The number of Topliss-reactive ketones (excluding diaryl/α,β-unsaturated/α-hetero) is 2. The maximum absolute atomic E-state index is 12.9. The average Bonchev–Trinajstić information content (AvgIpc) is 2.54. The van der Waals surface area contributed by atoms with Gasteiger partial charge in [0, 0.05) is 18.1 Å². The predicted octanol–water partition coefficient (Wildman–Crippen LogP) is -1.88. The van der Waals surface area contributed by atoms with Crippen LogP contribution in [0, 0.1) is 0 Å². The third-order valence-electron chi connectivity index (χ3n) is 5.13. The number of aromatic hydroxyl groups is 1. The third kappa shape index (κ3) is 1.95. The van der Waals surface area contributed by atoms with Crippen LogP contribution in [0.3, 0.4) is 0 Å². The zero-order valence-electron chi connectivity index (χ0n) is 13.4. The number of phenols is 1. The van der Waals surface area contributed by atoms with Gasteiger partial charge in [-0.25, -0.2) is 0 Å². The average molecular weight is 354 g/mol. The van der Waals surface area contributed by atoms with Crippen molar-refractivity contribution in [2.75, 3.05) is 7.11 Å². The van der Waals surface area contributed by atoms with E-state index >= 15 is 0 Å². The van der Waals surface area contributed by atoms with E-state index in [4.69, 9.17) is 4.74 Å². The minimum atomic E-state index is -3.13. The molecule has 0 radical (unpaired) electrons. The highest BCUT2D eigenvalue weighted by molar-refractivity contribution is 6.23. The highest BCUT2D eigenvalue weighted by Gasteiger charge is 2.74. The Morgan fingerprint density at radius 2 is 1.68 bits per heavy atom. The molecule has 0 aromatic heterocycles. The van der Waals surface area contributed by atoms with Gasteiger partial charge >= 0.3 is 0 Å². The number of aliphatic hydroxyl groups is 5. The van der Waals surface area contributed by atoms with E-state index in [0.29, 0.717) is 0 Å². The first kappa shape index (κ1) is 17.8. The van der Waals surface area contributed by atoms with Crippen LogP contribution in [0.2, 0.25) is 0 Å². The molecule has 0 aliphatic heterocycles. The van der Waals surface area contributed by atoms with Crippen LogP contribution >= 0.6 is 0 Å². The lowest BCUT2D eigenvalue weighted by molar-refractivity contribution is -0.260. The molecule has 2 aliphatic rings. The summed E-state index contributed by atoms with van der Waals surface area (Å²) in [7, 11) is 1.26. The summed E-state index contributed by atoms with van der Waals surface area (Å²) in [5.41, 5.74) is -9.23. The van der Waals surface area contributed by atoms with Gasteiger partial charge in [-0.2, -0.15) is 0 Å². The SMILES string of the molecule is COc1cc(O)c2c(c1)C(=O)[C@@]1(O)C[C@](C)(O)[C@@H](O)[C@@H](O)[C@@]1(O)C2=O. The van der Waals surface area contributed by atoms with E-state index in [9.17, 15) is 40.2 Å². The van der Waals surface area contributed by atoms with Gasteiger partial charge in [-0.3, -0.25) is 9.59 Å². The molecule has 1 fully saturated rings. The van der Waals surface area contributed by atoms with E-state index in [2.05, 4.69) is 0 Å². The van der Waals surface area contributed by atoms with Gasteiger partial charge in [0.15, 0.2) is 17.0 Å². The summed E-state index contributed by atoms with van der Waals surface area (Å²) in [6, 6.07) is 2.12. The van der Waals surface area contributed by atoms with E-state index in [1.165, 1.54) is 7.11 Å². The van der Waals surface area contributed by atoms with E-state index in [-0.39, 0.29) is 5.75 Å². The first-order chi connectivity index (χ1) is 11.4. The first-order valence-electron chi connectivity index (χ1n) is 7.45. The number of hydrogen-bond donors (Lipinski definition) is 6. The topological polar surface area (TPSA) is 165 Å². The molecule has 1 aromatic carbocycles. The Kier molecular flexibility index (Phi) is 3.55. The van der Waals surface area contributed by atoms with Gasteiger partial charge in [-0.1, -0.05) is 0 Å². The highest BCUT2D eigenvalue weighted by Crippen LogP contribution is 2.50. The van der Waals surface area contributed by atoms with Crippen LogP contribution in [0.4, 0.5) is 0 Å². The Bertz CT molecular complexity index is 786. The lowest BCUT2D eigenvalue weighted by Crippen LogP contribution is -2.80. The van der Waals surface area contributed by atoms with Crippen LogP contribution in [-0.4, -0.2) is 78.3 Å². The van der Waals surface area contributed by atoms with Gasteiger partial charge < -0.3 is 35.4 Å². The number of phenolic OH excluding ortho intramolecular Hbond substituents is 1. The minimum absolute atomic E-state index is 0.0228. The molecule has 9 nitrogen and oxygen atoms in total. The molecule has 0 heterocycles. The van der Waals surface area contributed by atoms with E-state index < -0.39 is 63.9 Å². The van der Waals surface area contributed by atoms with E-state index in [1.54, 1.807) is 0 Å². The van der Waals surface area contributed by atoms with Gasteiger partial charge in [-0.05, 0) is 13.0 Å². The molecule has 1 saturated carbocycles. The molecule has 136 valence electrons. The molecule has 0 spiro atoms. The highest BCUT2D eigenvalue weighted by atomic mass is 16.5. The van der Waals surface area contributed by atoms with Gasteiger partial charge in [-0.15, -0.1) is 0 Å². The molecule has 6 N–H and O–H groups in total. The summed E-state index contributed by atoms with van der Waals surface area (Å²) >= 11 is 0. The van der Waals surface area contributed by atoms with Gasteiger partial charge in [0.05, 0.1) is 18.3 Å². The van der Waals surface area contributed by atoms with Crippen molar-refractivity contribution in [3.63, 3.8) is 0 Å². The van der Waals surface area contributed by atoms with Crippen molar-refractivity contribution < 1.29 is 45.0 Å². The Balaban J connectivity index is 2.33. The number of hydrogen-bond acceptors (Lipinski definition) is 9. The lowest BCUT2D eigenvalue weighted by Gasteiger charge is -2.55. The Morgan fingerprint density at radius 1 is 1.08 bits per heavy atom. The summed E-state index contributed by atoms with van der Waals surface area (Å²) in [6.45, 7) is 1.05. The Labute approximate surface area is 141 Å². The summed E-state index contributed by atoms with van der Waals surface area (Å²) in [6.07, 6.45) is -5.29. The second-order valence-electron chi connectivity index (χ2n) is 6.78. The standard InChI is InChI=1S/C16H18O9/c1-14(22)5-15(23)10(18)7-3-6(25-2)4-8(17)9(7)11(19)16(15,24)13(21)12(14)20/h3-4,12-13,17,20-24H,5H2,1-2H3/t12-,13+,14-,15-,16-/m0/s1. The van der Waals surface area contributed by atoms with Crippen molar-refractivity contribution in [1.29, 1.82) is 0 Å². The lowest BCUT2D eigenvalue weighted by atomic mass is 9.55. The molecular weight excluding hydrogens is 336 g/mol. The van der Waals surface area contributed by atoms with Crippen LogP contribution in [0.25, 0.3) is 0 Å². The number of rotatable bonds is 1. The number of ketones is 2. The largest absolute Gasteiger partial charge is 0.507 e. The first-order valence-corrected chi connectivity index (χ1v) is 7.45. The fraction of sp³-hybridized carbons (Fsp3) is 0.500. The van der Waals surface area contributed by atoms with Crippen molar-refractivity contribution in [1.82, 2.24) is 0 Å². The smallest absolute Gasteiger partial charge is 0.205 e. The molecule has 0 unspecified atom stereocenters. The molecule has 3 rings (SSSR count). The molecule has 0 amide bonds. The summed E-state index contributed by atoms with van der Waals surface area (Å²) in [4.78, 5) is 25.6. The molecular formula is C16H18O9. The van der Waals surface area contributed by atoms with E-state index in [1.807, 2.05) is 0 Å². The normalized spacial score (nSPS) is 40.4. The number of carbonyl (C=O) groups excluding carboxylic acids is 2. The number of ether oxygens (including phenoxy) is 1. The van der Waals surface area contributed by atoms with Gasteiger partial charge in [0.1, 0.15) is 23.7 Å². The van der Waals surface area contributed by atoms with Crippen molar-refractivity contribution in [2.24, 2.45) is 0 Å². The number of carbonyl (C=O) groups is 2. The van der Waals surface area contributed by atoms with Crippen molar-refractivity contribution >= 4 is 11.6 Å². The number of benzene rings is 1. The fourth-order valence-corrected chi connectivity index (χ4v) is 3.70. The molecule has 0 saturated heterocycles. The minimum Gasteiger partial charge on any atom is -0.507 e. The zero-order chi connectivity index (χ0) is 18.9. The maximum atomic E-state index is 12.9. The second-order valence-corrected chi connectivity index (χ2v) is 6.78. The quantitative estimate of drug-likeness (QED) is 0.338. The molecule has 25 heavy (non-hydrogen) atoms. The maximum Gasteiger partial charge on any atom is 0.205 e. The number of aliphatic hydroxyl groups excluding tert-OH is 2. The monoisotopic (exact) mass is 354 g/mol. The van der Waals surface area contributed by atoms with E-state index in [0.717, 1.165) is 19.1 Å².